The maximum absolute atomic E-state index is 6.13. The summed E-state index contributed by atoms with van der Waals surface area (Å²) < 4.78 is 13.3. The third kappa shape index (κ3) is 2.76. The smallest absolute Gasteiger partial charge is 0.399 e. The fourth-order valence-electron chi connectivity index (χ4n) is 2.85. The van der Waals surface area contributed by atoms with Gasteiger partial charge in [0.2, 0.25) is 0 Å². The predicted molar refractivity (Wildman–Crippen MR) is 91.3 cm³/mol. The lowest BCUT2D eigenvalue weighted by atomic mass is 9.79. The molecule has 0 spiro atoms. The second-order valence-corrected chi connectivity index (χ2v) is 7.84. The van der Waals surface area contributed by atoms with Gasteiger partial charge < -0.3 is 14.2 Å². The van der Waals surface area contributed by atoms with Crippen molar-refractivity contribution in [2.24, 2.45) is 0 Å². The molecule has 0 radical (unpaired) electrons. The number of anilines is 1. The molecular weight excluding hydrogens is 329 g/mol. The van der Waals surface area contributed by atoms with Gasteiger partial charge in [0.1, 0.15) is 0 Å². The van der Waals surface area contributed by atoms with E-state index < -0.39 is 0 Å². The zero-order valence-corrected chi connectivity index (χ0v) is 14.9. The highest BCUT2D eigenvalue weighted by atomic mass is 79.9. The molecular formula is C16H23BBrNO2. The monoisotopic (exact) mass is 351 g/mol. The lowest BCUT2D eigenvalue weighted by molar-refractivity contribution is 0.00578. The average Bonchev–Trinajstić information content (AvgIpc) is 2.96. The molecule has 1 aromatic carbocycles. The average molecular weight is 352 g/mol. The molecule has 0 amide bonds. The molecule has 0 aliphatic carbocycles. The molecule has 21 heavy (non-hydrogen) atoms. The van der Waals surface area contributed by atoms with Crippen LogP contribution >= 0.6 is 15.9 Å². The lowest BCUT2D eigenvalue weighted by Crippen LogP contribution is -2.41. The second kappa shape index (κ2) is 5.29. The van der Waals surface area contributed by atoms with Crippen molar-refractivity contribution in [3.63, 3.8) is 0 Å². The van der Waals surface area contributed by atoms with E-state index in [2.05, 4.69) is 66.7 Å². The first-order valence-corrected chi connectivity index (χ1v) is 8.49. The Morgan fingerprint density at radius 3 is 2.14 bits per heavy atom. The van der Waals surface area contributed by atoms with E-state index in [0.717, 1.165) is 23.0 Å². The van der Waals surface area contributed by atoms with Gasteiger partial charge in [-0.1, -0.05) is 22.0 Å². The van der Waals surface area contributed by atoms with Crippen LogP contribution in [0, 0.1) is 0 Å². The van der Waals surface area contributed by atoms with E-state index in [4.69, 9.17) is 9.31 Å². The van der Waals surface area contributed by atoms with Crippen LogP contribution < -0.4 is 10.4 Å². The third-order valence-electron chi connectivity index (χ3n) is 4.96. The van der Waals surface area contributed by atoms with Gasteiger partial charge in [-0.15, -0.1) is 0 Å². The first-order chi connectivity index (χ1) is 9.80. The van der Waals surface area contributed by atoms with Crippen LogP contribution in [-0.2, 0) is 9.31 Å². The summed E-state index contributed by atoms with van der Waals surface area (Å²) in [5.41, 5.74) is 1.74. The SMILES string of the molecule is CC1(C)OB(c2ccc(N3CCCC3)cc2Br)OC1(C)C. The zero-order chi connectivity index (χ0) is 15.3. The Hall–Kier alpha value is -0.515. The van der Waals surface area contributed by atoms with E-state index in [0.29, 0.717) is 0 Å². The molecule has 114 valence electrons. The Kier molecular flexibility index (Phi) is 3.87. The van der Waals surface area contributed by atoms with Gasteiger partial charge in [-0.25, -0.2) is 0 Å². The summed E-state index contributed by atoms with van der Waals surface area (Å²) in [6, 6.07) is 6.49. The Balaban J connectivity index is 1.84. The van der Waals surface area contributed by atoms with Crippen molar-refractivity contribution < 1.29 is 9.31 Å². The van der Waals surface area contributed by atoms with Crippen molar-refractivity contribution in [1.82, 2.24) is 0 Å². The van der Waals surface area contributed by atoms with Crippen molar-refractivity contribution >= 4 is 34.2 Å². The summed E-state index contributed by atoms with van der Waals surface area (Å²) >= 11 is 3.69. The molecule has 0 aromatic heterocycles. The molecule has 5 heteroatoms. The first-order valence-electron chi connectivity index (χ1n) is 7.70. The van der Waals surface area contributed by atoms with Crippen LogP contribution in [0.2, 0.25) is 0 Å². The summed E-state index contributed by atoms with van der Waals surface area (Å²) in [7, 11) is -0.308. The summed E-state index contributed by atoms with van der Waals surface area (Å²) in [4.78, 5) is 2.43. The number of halogens is 1. The number of rotatable bonds is 2. The molecule has 3 nitrogen and oxygen atoms in total. The molecule has 2 saturated heterocycles. The molecule has 0 N–H and O–H groups in total. The van der Waals surface area contributed by atoms with Crippen LogP contribution in [0.5, 0.6) is 0 Å². The van der Waals surface area contributed by atoms with Gasteiger partial charge in [0, 0.05) is 23.2 Å². The molecule has 0 atom stereocenters. The van der Waals surface area contributed by atoms with E-state index in [9.17, 15) is 0 Å². The minimum atomic E-state index is -0.308. The van der Waals surface area contributed by atoms with E-state index in [-0.39, 0.29) is 18.3 Å². The summed E-state index contributed by atoms with van der Waals surface area (Å²) in [6.45, 7) is 10.6. The van der Waals surface area contributed by atoms with Gasteiger partial charge in [0.05, 0.1) is 11.2 Å². The number of hydrogen-bond acceptors (Lipinski definition) is 3. The van der Waals surface area contributed by atoms with Crippen molar-refractivity contribution in [2.45, 2.75) is 51.7 Å². The molecule has 0 bridgehead atoms. The van der Waals surface area contributed by atoms with E-state index in [1.54, 1.807) is 0 Å². The molecule has 0 saturated carbocycles. The fraction of sp³-hybridized carbons (Fsp3) is 0.625. The molecule has 0 unspecified atom stereocenters. The molecule has 2 aliphatic heterocycles. The van der Waals surface area contributed by atoms with Crippen LogP contribution in [0.15, 0.2) is 22.7 Å². The molecule has 2 aliphatic rings. The van der Waals surface area contributed by atoms with E-state index in [1.807, 2.05) is 0 Å². The quantitative estimate of drug-likeness (QED) is 0.762. The maximum atomic E-state index is 6.13. The standard InChI is InChI=1S/C16H23BBrNO2/c1-15(2)16(3,4)21-17(20-15)13-8-7-12(11-14(13)18)19-9-5-6-10-19/h7-8,11H,5-6,9-10H2,1-4H3. The lowest BCUT2D eigenvalue weighted by Gasteiger charge is -2.32. The fourth-order valence-corrected chi connectivity index (χ4v) is 3.40. The Morgan fingerprint density at radius 1 is 1.05 bits per heavy atom. The van der Waals surface area contributed by atoms with Crippen LogP contribution in [0.4, 0.5) is 5.69 Å². The Labute approximate surface area is 136 Å². The van der Waals surface area contributed by atoms with Crippen LogP contribution in [-0.4, -0.2) is 31.4 Å². The number of nitrogens with zero attached hydrogens (tertiary/aromatic N) is 1. The predicted octanol–water partition coefficient (Wildman–Crippen LogP) is 3.35. The van der Waals surface area contributed by atoms with Gasteiger partial charge in [0.15, 0.2) is 0 Å². The number of benzene rings is 1. The summed E-state index contributed by atoms with van der Waals surface area (Å²) in [5, 5.41) is 0. The Morgan fingerprint density at radius 2 is 1.62 bits per heavy atom. The van der Waals surface area contributed by atoms with Crippen molar-refractivity contribution in [1.29, 1.82) is 0 Å². The molecule has 2 heterocycles. The van der Waals surface area contributed by atoms with Crippen LogP contribution in [0.25, 0.3) is 0 Å². The van der Waals surface area contributed by atoms with Gasteiger partial charge in [0.25, 0.3) is 0 Å². The normalized spacial score (nSPS) is 23.9. The van der Waals surface area contributed by atoms with Crippen molar-refractivity contribution in [3.8, 4) is 0 Å². The van der Waals surface area contributed by atoms with Gasteiger partial charge >= 0.3 is 7.12 Å². The zero-order valence-electron chi connectivity index (χ0n) is 13.3. The van der Waals surface area contributed by atoms with Gasteiger partial charge in [-0.2, -0.15) is 0 Å². The van der Waals surface area contributed by atoms with Gasteiger partial charge in [-0.3, -0.25) is 0 Å². The van der Waals surface area contributed by atoms with Crippen molar-refractivity contribution in [3.05, 3.63) is 22.7 Å². The first kappa shape index (κ1) is 15.4. The molecule has 2 fully saturated rings. The second-order valence-electron chi connectivity index (χ2n) is 6.99. The minimum absolute atomic E-state index is 0.301. The molecule has 3 rings (SSSR count). The Bertz CT molecular complexity index is 525. The number of hydrogen-bond donors (Lipinski definition) is 0. The minimum Gasteiger partial charge on any atom is -0.399 e. The van der Waals surface area contributed by atoms with E-state index in [1.165, 1.54) is 18.5 Å². The highest BCUT2D eigenvalue weighted by molar-refractivity contribution is 9.10. The van der Waals surface area contributed by atoms with E-state index >= 15 is 0 Å². The topological polar surface area (TPSA) is 21.7 Å². The van der Waals surface area contributed by atoms with Gasteiger partial charge in [-0.05, 0) is 58.1 Å². The molecule has 1 aromatic rings. The summed E-state index contributed by atoms with van der Waals surface area (Å²) in [6.07, 6.45) is 2.58. The maximum Gasteiger partial charge on any atom is 0.495 e. The largest absolute Gasteiger partial charge is 0.495 e. The summed E-state index contributed by atoms with van der Waals surface area (Å²) in [5.74, 6) is 0. The van der Waals surface area contributed by atoms with Crippen LogP contribution in [0.3, 0.4) is 0 Å². The van der Waals surface area contributed by atoms with Crippen LogP contribution in [0.1, 0.15) is 40.5 Å². The van der Waals surface area contributed by atoms with Crippen molar-refractivity contribution in [2.75, 3.05) is 18.0 Å². The highest BCUT2D eigenvalue weighted by Crippen LogP contribution is 2.37. The third-order valence-corrected chi connectivity index (χ3v) is 5.65. The highest BCUT2D eigenvalue weighted by Gasteiger charge is 2.52.